The summed E-state index contributed by atoms with van der Waals surface area (Å²) in [6.07, 6.45) is 2.39. The van der Waals surface area contributed by atoms with Crippen LogP contribution in [-0.2, 0) is 4.79 Å². The van der Waals surface area contributed by atoms with Crippen LogP contribution in [0, 0.1) is 11.8 Å². The van der Waals surface area contributed by atoms with Gasteiger partial charge in [0.2, 0.25) is 5.91 Å². The summed E-state index contributed by atoms with van der Waals surface area (Å²) in [4.78, 5) is 12.1. The van der Waals surface area contributed by atoms with Gasteiger partial charge in [-0.05, 0) is 53.8 Å². The first-order valence-electron chi connectivity index (χ1n) is 6.64. The molecule has 0 spiro atoms. The van der Waals surface area contributed by atoms with E-state index in [0.717, 1.165) is 15.5 Å². The maximum absolute atomic E-state index is 12.1. The summed E-state index contributed by atoms with van der Waals surface area (Å²) in [5.74, 6) is 0.857. The number of hydrogen-bond acceptors (Lipinski definition) is 1. The summed E-state index contributed by atoms with van der Waals surface area (Å²) in [5, 5.41) is 5.33. The summed E-state index contributed by atoms with van der Waals surface area (Å²) < 4.78 is 1.07. The van der Waals surface area contributed by atoms with Gasteiger partial charge < -0.3 is 5.32 Å². The average molecular weight is 318 g/mol. The maximum Gasteiger partial charge on any atom is 0.227 e. The van der Waals surface area contributed by atoms with E-state index >= 15 is 0 Å². The Bertz CT molecular complexity index is 634. The third-order valence-electron chi connectivity index (χ3n) is 3.81. The predicted octanol–water partition coefficient (Wildman–Crippen LogP) is 4.59. The van der Waals surface area contributed by atoms with Crippen LogP contribution >= 0.6 is 15.9 Å². The van der Waals surface area contributed by atoms with E-state index in [2.05, 4.69) is 33.4 Å². The van der Waals surface area contributed by atoms with E-state index in [1.54, 1.807) is 0 Å². The van der Waals surface area contributed by atoms with Crippen molar-refractivity contribution in [2.75, 3.05) is 5.32 Å². The maximum atomic E-state index is 12.1. The van der Waals surface area contributed by atoms with Gasteiger partial charge in [0.15, 0.2) is 0 Å². The van der Waals surface area contributed by atoms with Crippen LogP contribution in [0.2, 0.25) is 0 Å². The van der Waals surface area contributed by atoms with Gasteiger partial charge in [-0.25, -0.2) is 0 Å². The van der Waals surface area contributed by atoms with Gasteiger partial charge in [-0.1, -0.05) is 35.0 Å². The van der Waals surface area contributed by atoms with Crippen LogP contribution in [0.3, 0.4) is 0 Å². The fourth-order valence-corrected chi connectivity index (χ4v) is 2.74. The SMILES string of the molecule is CC(C(=O)Nc1ccc2cc(Br)ccc2c1)C1CC1. The first kappa shape index (κ1) is 12.7. The molecule has 1 aliphatic rings. The lowest BCUT2D eigenvalue weighted by Crippen LogP contribution is -2.21. The van der Waals surface area contributed by atoms with Gasteiger partial charge in [-0.15, -0.1) is 0 Å². The summed E-state index contributed by atoms with van der Waals surface area (Å²) in [5.41, 5.74) is 0.882. The molecule has 1 aliphatic carbocycles. The highest BCUT2D eigenvalue weighted by atomic mass is 79.9. The molecule has 0 bridgehead atoms. The van der Waals surface area contributed by atoms with E-state index in [0.29, 0.717) is 5.92 Å². The Morgan fingerprint density at radius 1 is 1.21 bits per heavy atom. The summed E-state index contributed by atoms with van der Waals surface area (Å²) in [6.45, 7) is 2.02. The van der Waals surface area contributed by atoms with Crippen molar-refractivity contribution in [2.45, 2.75) is 19.8 Å². The Hall–Kier alpha value is -1.35. The first-order valence-corrected chi connectivity index (χ1v) is 7.43. The largest absolute Gasteiger partial charge is 0.326 e. The minimum Gasteiger partial charge on any atom is -0.326 e. The number of benzene rings is 2. The van der Waals surface area contributed by atoms with Crippen molar-refractivity contribution in [3.8, 4) is 0 Å². The second kappa shape index (κ2) is 4.97. The van der Waals surface area contributed by atoms with Crippen LogP contribution in [0.4, 0.5) is 5.69 Å². The molecule has 0 saturated heterocycles. The number of nitrogens with one attached hydrogen (secondary N) is 1. The first-order chi connectivity index (χ1) is 9.13. The highest BCUT2D eigenvalue weighted by Crippen LogP contribution is 2.37. The highest BCUT2D eigenvalue weighted by Gasteiger charge is 2.32. The minimum atomic E-state index is 0.126. The van der Waals surface area contributed by atoms with Crippen molar-refractivity contribution in [1.29, 1.82) is 0 Å². The molecule has 0 radical (unpaired) electrons. The van der Waals surface area contributed by atoms with Crippen LogP contribution < -0.4 is 5.32 Å². The van der Waals surface area contributed by atoms with Crippen LogP contribution in [0.15, 0.2) is 40.9 Å². The number of carbonyl (C=O) groups excluding carboxylic acids is 1. The number of amides is 1. The normalized spacial score (nSPS) is 16.3. The van der Waals surface area contributed by atoms with Gasteiger partial charge in [0.25, 0.3) is 0 Å². The zero-order valence-electron chi connectivity index (χ0n) is 10.8. The number of carbonyl (C=O) groups is 1. The van der Waals surface area contributed by atoms with Crippen molar-refractivity contribution >= 4 is 38.3 Å². The van der Waals surface area contributed by atoms with E-state index in [1.807, 2.05) is 31.2 Å². The average Bonchev–Trinajstić information content (AvgIpc) is 3.22. The van der Waals surface area contributed by atoms with Crippen molar-refractivity contribution in [1.82, 2.24) is 0 Å². The van der Waals surface area contributed by atoms with Gasteiger partial charge in [0.05, 0.1) is 0 Å². The molecule has 19 heavy (non-hydrogen) atoms. The van der Waals surface area contributed by atoms with E-state index in [9.17, 15) is 4.79 Å². The lowest BCUT2D eigenvalue weighted by atomic mass is 10.1. The molecule has 1 atom stereocenters. The molecule has 1 amide bonds. The summed E-state index contributed by atoms with van der Waals surface area (Å²) in [7, 11) is 0. The fraction of sp³-hybridized carbons (Fsp3) is 0.312. The molecule has 1 unspecified atom stereocenters. The van der Waals surface area contributed by atoms with Gasteiger partial charge in [0, 0.05) is 16.1 Å². The molecule has 98 valence electrons. The zero-order chi connectivity index (χ0) is 13.4. The molecule has 1 N–H and O–H groups in total. The van der Waals surface area contributed by atoms with E-state index in [4.69, 9.17) is 0 Å². The number of fused-ring (bicyclic) bond motifs is 1. The minimum absolute atomic E-state index is 0.126. The smallest absolute Gasteiger partial charge is 0.227 e. The number of anilines is 1. The number of halogens is 1. The molecular weight excluding hydrogens is 302 g/mol. The second-order valence-electron chi connectivity index (χ2n) is 5.32. The van der Waals surface area contributed by atoms with E-state index < -0.39 is 0 Å². The van der Waals surface area contributed by atoms with Crippen molar-refractivity contribution in [3.63, 3.8) is 0 Å². The van der Waals surface area contributed by atoms with Gasteiger partial charge in [-0.3, -0.25) is 4.79 Å². The fourth-order valence-electron chi connectivity index (χ4n) is 2.36. The monoisotopic (exact) mass is 317 g/mol. The van der Waals surface area contributed by atoms with E-state index in [1.165, 1.54) is 18.2 Å². The molecular formula is C16H16BrNO. The standard InChI is InChI=1S/C16H16BrNO/c1-10(11-2-3-11)16(19)18-15-7-5-12-8-14(17)6-4-13(12)9-15/h4-11H,2-3H2,1H3,(H,18,19). The van der Waals surface area contributed by atoms with Gasteiger partial charge in [0.1, 0.15) is 0 Å². The third kappa shape index (κ3) is 2.81. The quantitative estimate of drug-likeness (QED) is 0.881. The topological polar surface area (TPSA) is 29.1 Å². The van der Waals surface area contributed by atoms with Crippen LogP contribution in [0.25, 0.3) is 10.8 Å². The summed E-state index contributed by atoms with van der Waals surface area (Å²) >= 11 is 3.46. The van der Waals surface area contributed by atoms with Crippen LogP contribution in [0.1, 0.15) is 19.8 Å². The highest BCUT2D eigenvalue weighted by molar-refractivity contribution is 9.10. The van der Waals surface area contributed by atoms with Gasteiger partial charge in [-0.2, -0.15) is 0 Å². The molecule has 2 aromatic rings. The zero-order valence-corrected chi connectivity index (χ0v) is 12.4. The van der Waals surface area contributed by atoms with Crippen molar-refractivity contribution in [3.05, 3.63) is 40.9 Å². The molecule has 2 aromatic carbocycles. The van der Waals surface area contributed by atoms with Crippen LogP contribution in [-0.4, -0.2) is 5.91 Å². The molecule has 0 heterocycles. The molecule has 1 saturated carbocycles. The Balaban J connectivity index is 1.81. The molecule has 3 rings (SSSR count). The predicted molar refractivity (Wildman–Crippen MR) is 82.2 cm³/mol. The Morgan fingerprint density at radius 3 is 2.63 bits per heavy atom. The molecule has 0 aromatic heterocycles. The van der Waals surface area contributed by atoms with E-state index in [-0.39, 0.29) is 11.8 Å². The molecule has 1 fully saturated rings. The molecule has 2 nitrogen and oxygen atoms in total. The Morgan fingerprint density at radius 2 is 1.89 bits per heavy atom. The lowest BCUT2D eigenvalue weighted by Gasteiger charge is -2.11. The van der Waals surface area contributed by atoms with Crippen molar-refractivity contribution in [2.24, 2.45) is 11.8 Å². The second-order valence-corrected chi connectivity index (χ2v) is 6.24. The molecule has 3 heteroatoms. The lowest BCUT2D eigenvalue weighted by molar-refractivity contribution is -0.119. The third-order valence-corrected chi connectivity index (χ3v) is 4.31. The number of rotatable bonds is 3. The Labute approximate surface area is 121 Å². The van der Waals surface area contributed by atoms with Crippen molar-refractivity contribution < 1.29 is 4.79 Å². The number of hydrogen-bond donors (Lipinski definition) is 1. The van der Waals surface area contributed by atoms with Crippen LogP contribution in [0.5, 0.6) is 0 Å². The van der Waals surface area contributed by atoms with Gasteiger partial charge >= 0.3 is 0 Å². The Kier molecular flexibility index (Phi) is 3.31. The summed E-state index contributed by atoms with van der Waals surface area (Å²) in [6, 6.07) is 12.2. The molecule has 0 aliphatic heterocycles.